The van der Waals surface area contributed by atoms with Crippen LogP contribution in [0.25, 0.3) is 21.4 Å². The maximum absolute atomic E-state index is 11.3. The molecule has 68 valence electrons. The Balaban J connectivity index is 2.79. The van der Waals surface area contributed by atoms with Crippen molar-refractivity contribution in [2.75, 3.05) is 0 Å². The lowest BCUT2D eigenvalue weighted by Crippen LogP contribution is -1.96. The van der Waals surface area contributed by atoms with Crippen LogP contribution in [-0.2, 0) is 0 Å². The first-order valence-corrected chi connectivity index (χ1v) is 3.88. The summed E-state index contributed by atoms with van der Waals surface area (Å²) in [6.45, 7) is 0. The molecule has 5 nitrogen and oxygen atoms in total. The number of hydrogen-bond donors (Lipinski definition) is 0. The standard InChI is InChI=1S/C9H5N3O2/c10-12-11-6-1-2-7-8(13)3-4-14-9(7)5-6/h1-5H. The minimum absolute atomic E-state index is 0.112. The molecular weight excluding hydrogens is 182 g/mol. The van der Waals surface area contributed by atoms with Crippen LogP contribution in [0.4, 0.5) is 5.69 Å². The van der Waals surface area contributed by atoms with E-state index in [0.29, 0.717) is 16.7 Å². The van der Waals surface area contributed by atoms with E-state index in [1.807, 2.05) is 0 Å². The summed E-state index contributed by atoms with van der Waals surface area (Å²) in [6, 6.07) is 6.01. The fourth-order valence-electron chi connectivity index (χ4n) is 1.18. The predicted octanol–water partition coefficient (Wildman–Crippen LogP) is 2.73. The number of azide groups is 1. The van der Waals surface area contributed by atoms with Crippen molar-refractivity contribution in [3.8, 4) is 0 Å². The van der Waals surface area contributed by atoms with Crippen LogP contribution >= 0.6 is 0 Å². The van der Waals surface area contributed by atoms with E-state index in [4.69, 9.17) is 9.95 Å². The molecule has 1 aromatic carbocycles. The van der Waals surface area contributed by atoms with Crippen LogP contribution in [-0.4, -0.2) is 0 Å². The van der Waals surface area contributed by atoms with Crippen LogP contribution in [0.5, 0.6) is 0 Å². The van der Waals surface area contributed by atoms with Gasteiger partial charge in [-0.1, -0.05) is 11.2 Å². The zero-order valence-electron chi connectivity index (χ0n) is 7.04. The van der Waals surface area contributed by atoms with Crippen molar-refractivity contribution in [1.82, 2.24) is 0 Å². The molecule has 1 heterocycles. The normalized spacial score (nSPS) is 9.71. The first-order chi connectivity index (χ1) is 6.81. The number of nitrogens with zero attached hydrogens (tertiary/aromatic N) is 3. The van der Waals surface area contributed by atoms with Gasteiger partial charge in [-0.15, -0.1) is 0 Å². The maximum Gasteiger partial charge on any atom is 0.192 e. The van der Waals surface area contributed by atoms with E-state index in [1.165, 1.54) is 18.4 Å². The van der Waals surface area contributed by atoms with Crippen molar-refractivity contribution in [2.45, 2.75) is 0 Å². The highest BCUT2D eigenvalue weighted by Crippen LogP contribution is 2.18. The quantitative estimate of drug-likeness (QED) is 0.390. The van der Waals surface area contributed by atoms with E-state index in [0.717, 1.165) is 0 Å². The first kappa shape index (κ1) is 8.34. The Morgan fingerprint density at radius 1 is 1.36 bits per heavy atom. The van der Waals surface area contributed by atoms with E-state index >= 15 is 0 Å². The number of benzene rings is 1. The average molecular weight is 187 g/mol. The molecule has 0 spiro atoms. The molecular formula is C9H5N3O2. The number of fused-ring (bicyclic) bond motifs is 1. The Morgan fingerprint density at radius 3 is 3.00 bits per heavy atom. The third-order valence-electron chi connectivity index (χ3n) is 1.81. The lowest BCUT2D eigenvalue weighted by molar-refractivity contribution is 0.602. The largest absolute Gasteiger partial charge is 0.464 e. The van der Waals surface area contributed by atoms with Crippen LogP contribution < -0.4 is 5.43 Å². The van der Waals surface area contributed by atoms with Gasteiger partial charge in [0.25, 0.3) is 0 Å². The highest BCUT2D eigenvalue weighted by Gasteiger charge is 1.99. The number of hydrogen-bond acceptors (Lipinski definition) is 3. The summed E-state index contributed by atoms with van der Waals surface area (Å²) < 4.78 is 5.10. The predicted molar refractivity (Wildman–Crippen MR) is 51.3 cm³/mol. The second-order valence-corrected chi connectivity index (χ2v) is 2.65. The van der Waals surface area contributed by atoms with E-state index in [1.54, 1.807) is 12.1 Å². The molecule has 0 bridgehead atoms. The van der Waals surface area contributed by atoms with Crippen molar-refractivity contribution < 1.29 is 4.42 Å². The third kappa shape index (κ3) is 1.32. The molecule has 5 heteroatoms. The molecule has 0 radical (unpaired) electrons. The molecule has 0 saturated heterocycles. The summed E-state index contributed by atoms with van der Waals surface area (Å²) in [4.78, 5) is 13.9. The second-order valence-electron chi connectivity index (χ2n) is 2.65. The Kier molecular flexibility index (Phi) is 1.93. The monoisotopic (exact) mass is 187 g/mol. The molecule has 2 aromatic rings. The van der Waals surface area contributed by atoms with Crippen LogP contribution in [0.1, 0.15) is 0 Å². The summed E-state index contributed by atoms with van der Waals surface area (Å²) in [6.07, 6.45) is 1.31. The molecule has 0 aliphatic heterocycles. The highest BCUT2D eigenvalue weighted by atomic mass is 16.3. The molecule has 0 fully saturated rings. The van der Waals surface area contributed by atoms with Gasteiger partial charge in [-0.3, -0.25) is 4.79 Å². The third-order valence-corrected chi connectivity index (χ3v) is 1.81. The van der Waals surface area contributed by atoms with Gasteiger partial charge >= 0.3 is 0 Å². The summed E-state index contributed by atoms with van der Waals surface area (Å²) in [5, 5.41) is 3.88. The number of rotatable bonds is 1. The lowest BCUT2D eigenvalue weighted by atomic mass is 10.2. The second kappa shape index (κ2) is 3.24. The minimum Gasteiger partial charge on any atom is -0.464 e. The first-order valence-electron chi connectivity index (χ1n) is 3.88. The summed E-state index contributed by atoms with van der Waals surface area (Å²) >= 11 is 0. The minimum atomic E-state index is -0.112. The van der Waals surface area contributed by atoms with Gasteiger partial charge in [-0.2, -0.15) is 0 Å². The van der Waals surface area contributed by atoms with Crippen molar-refractivity contribution in [3.63, 3.8) is 0 Å². The van der Waals surface area contributed by atoms with Crippen molar-refractivity contribution in [3.05, 3.63) is 51.2 Å². The molecule has 0 aliphatic rings. The lowest BCUT2D eigenvalue weighted by Gasteiger charge is -1.95. The highest BCUT2D eigenvalue weighted by molar-refractivity contribution is 5.79. The topological polar surface area (TPSA) is 79.0 Å². The summed E-state index contributed by atoms with van der Waals surface area (Å²) in [5.74, 6) is 0. The fourth-order valence-corrected chi connectivity index (χ4v) is 1.18. The van der Waals surface area contributed by atoms with E-state index in [-0.39, 0.29) is 5.43 Å². The zero-order chi connectivity index (χ0) is 9.97. The van der Waals surface area contributed by atoms with Crippen molar-refractivity contribution >= 4 is 16.7 Å². The molecule has 2 rings (SSSR count). The SMILES string of the molecule is [N-]=[N+]=Nc1ccc2c(=O)ccoc2c1. The molecule has 1 aromatic heterocycles. The summed E-state index contributed by atoms with van der Waals surface area (Å²) in [7, 11) is 0. The van der Waals surface area contributed by atoms with E-state index in [9.17, 15) is 4.79 Å². The molecule has 14 heavy (non-hydrogen) atoms. The summed E-state index contributed by atoms with van der Waals surface area (Å²) in [5.41, 5.74) is 8.94. The van der Waals surface area contributed by atoms with Gasteiger partial charge in [0, 0.05) is 16.7 Å². The van der Waals surface area contributed by atoms with E-state index < -0.39 is 0 Å². The molecule has 0 aliphatic carbocycles. The van der Waals surface area contributed by atoms with Gasteiger partial charge in [-0.25, -0.2) is 0 Å². The Hall–Kier alpha value is -2.26. The Bertz CT molecular complexity index is 582. The molecule has 0 amide bonds. The average Bonchev–Trinajstić information content (AvgIpc) is 2.18. The Morgan fingerprint density at radius 2 is 2.21 bits per heavy atom. The van der Waals surface area contributed by atoms with Gasteiger partial charge in [0.05, 0.1) is 11.6 Å². The van der Waals surface area contributed by atoms with Crippen molar-refractivity contribution in [1.29, 1.82) is 0 Å². The van der Waals surface area contributed by atoms with Crippen LogP contribution in [0, 0.1) is 0 Å². The van der Waals surface area contributed by atoms with Crippen LogP contribution in [0.3, 0.4) is 0 Å². The van der Waals surface area contributed by atoms with Gasteiger partial charge in [0.15, 0.2) is 5.43 Å². The molecule has 0 atom stereocenters. The van der Waals surface area contributed by atoms with Gasteiger partial charge < -0.3 is 4.42 Å². The molecule has 0 saturated carbocycles. The molecule has 0 unspecified atom stereocenters. The zero-order valence-corrected chi connectivity index (χ0v) is 7.04. The van der Waals surface area contributed by atoms with Crippen molar-refractivity contribution in [2.24, 2.45) is 5.11 Å². The van der Waals surface area contributed by atoms with Gasteiger partial charge in [0.2, 0.25) is 0 Å². The Labute approximate surface area is 78.2 Å². The van der Waals surface area contributed by atoms with Gasteiger partial charge in [0.1, 0.15) is 5.58 Å². The fraction of sp³-hybridized carbons (Fsp3) is 0. The van der Waals surface area contributed by atoms with Gasteiger partial charge in [-0.05, 0) is 17.7 Å². The van der Waals surface area contributed by atoms with E-state index in [2.05, 4.69) is 10.0 Å². The van der Waals surface area contributed by atoms with Crippen LogP contribution in [0.2, 0.25) is 0 Å². The maximum atomic E-state index is 11.3. The smallest absolute Gasteiger partial charge is 0.192 e. The molecule has 0 N–H and O–H groups in total. The van der Waals surface area contributed by atoms with Crippen LogP contribution in [0.15, 0.2) is 44.9 Å².